The minimum absolute atomic E-state index is 0.0974. The fourth-order valence-electron chi connectivity index (χ4n) is 3.67. The molecule has 0 bridgehead atoms. The van der Waals surface area contributed by atoms with Crippen LogP contribution in [0.3, 0.4) is 0 Å². The van der Waals surface area contributed by atoms with E-state index in [1.54, 1.807) is 19.3 Å². The lowest BCUT2D eigenvalue weighted by Crippen LogP contribution is -2.47. The van der Waals surface area contributed by atoms with Gasteiger partial charge in [-0.3, -0.25) is 14.7 Å². The van der Waals surface area contributed by atoms with Crippen molar-refractivity contribution in [1.29, 1.82) is 0 Å². The molecule has 2 aromatic rings. The van der Waals surface area contributed by atoms with Crippen LogP contribution >= 0.6 is 0 Å². The predicted molar refractivity (Wildman–Crippen MR) is 116 cm³/mol. The van der Waals surface area contributed by atoms with Crippen LogP contribution in [0, 0.1) is 6.20 Å². The number of ether oxygens (including phenoxy) is 1. The van der Waals surface area contributed by atoms with E-state index in [0.29, 0.717) is 24.2 Å². The summed E-state index contributed by atoms with van der Waals surface area (Å²) in [6.07, 6.45) is 7.18. The van der Waals surface area contributed by atoms with E-state index in [9.17, 15) is 9.59 Å². The van der Waals surface area contributed by atoms with Crippen LogP contribution < -0.4 is 0 Å². The number of nitrogens with zero attached hydrogens (tertiary/aromatic N) is 3. The van der Waals surface area contributed by atoms with Crippen molar-refractivity contribution in [2.45, 2.75) is 51.7 Å². The van der Waals surface area contributed by atoms with Crippen LogP contribution in [0.25, 0.3) is 11.1 Å². The third-order valence-electron chi connectivity index (χ3n) is 5.12. The molecule has 2 heterocycles. The van der Waals surface area contributed by atoms with E-state index in [0.717, 1.165) is 24.8 Å². The van der Waals surface area contributed by atoms with E-state index in [1.165, 1.54) is 4.90 Å². The van der Waals surface area contributed by atoms with Crippen LogP contribution in [0.5, 0.6) is 0 Å². The molecule has 0 N–H and O–H groups in total. The summed E-state index contributed by atoms with van der Waals surface area (Å²) in [4.78, 5) is 34.0. The Bertz CT molecular complexity index is 871. The van der Waals surface area contributed by atoms with E-state index < -0.39 is 17.7 Å². The molecule has 1 radical (unpaired) electrons. The monoisotopic (exact) mass is 408 g/mol. The van der Waals surface area contributed by atoms with Crippen LogP contribution in [-0.2, 0) is 9.53 Å². The van der Waals surface area contributed by atoms with E-state index in [2.05, 4.69) is 11.2 Å². The van der Waals surface area contributed by atoms with Gasteiger partial charge in [0.05, 0.1) is 6.20 Å². The molecule has 1 aromatic carbocycles. The quantitative estimate of drug-likeness (QED) is 0.749. The highest BCUT2D eigenvalue weighted by Gasteiger charge is 2.36. The standard InChI is InChI=1S/C24H30N3O3/c1-24(2,3)30-23(29)26(4)21(22(28)27-15-9-6-10-16-27)19-13-14-25-17-20(19)18-11-7-5-8-12-18/h5,7-8,11-14,21H,6,9-10,15-16H2,1-4H3. The Morgan fingerprint density at radius 1 is 1.10 bits per heavy atom. The van der Waals surface area contributed by atoms with Gasteiger partial charge in [-0.2, -0.15) is 0 Å². The fraction of sp³-hybridized carbons (Fsp3) is 0.458. The predicted octanol–water partition coefficient (Wildman–Crippen LogP) is 4.47. The molecule has 6 nitrogen and oxygen atoms in total. The normalized spacial score (nSPS) is 15.4. The summed E-state index contributed by atoms with van der Waals surface area (Å²) in [7, 11) is 1.62. The van der Waals surface area contributed by atoms with Gasteiger partial charge in [-0.1, -0.05) is 30.3 Å². The summed E-state index contributed by atoms with van der Waals surface area (Å²) in [6.45, 7) is 6.85. The number of likely N-dealkylation sites (tertiary alicyclic amines) is 1. The van der Waals surface area contributed by atoms with Crippen LogP contribution in [0.4, 0.5) is 4.79 Å². The third-order valence-corrected chi connectivity index (χ3v) is 5.12. The van der Waals surface area contributed by atoms with Gasteiger partial charge >= 0.3 is 6.09 Å². The van der Waals surface area contributed by atoms with Crippen molar-refractivity contribution in [3.05, 3.63) is 54.4 Å². The van der Waals surface area contributed by atoms with Gasteiger partial charge in [0.2, 0.25) is 5.91 Å². The molecule has 1 fully saturated rings. The molecule has 1 saturated heterocycles. The number of likely N-dealkylation sites (N-methyl/N-ethyl adjacent to an activating group) is 1. The molecule has 0 saturated carbocycles. The summed E-state index contributed by atoms with van der Waals surface area (Å²) in [6, 6.07) is 10.7. The molecule has 30 heavy (non-hydrogen) atoms. The number of pyridine rings is 1. The smallest absolute Gasteiger partial charge is 0.410 e. The van der Waals surface area contributed by atoms with E-state index in [4.69, 9.17) is 4.74 Å². The first kappa shape index (κ1) is 21.8. The van der Waals surface area contributed by atoms with Gasteiger partial charge in [0, 0.05) is 31.9 Å². The summed E-state index contributed by atoms with van der Waals surface area (Å²) >= 11 is 0. The molecular weight excluding hydrogens is 378 g/mol. The van der Waals surface area contributed by atoms with Crippen molar-refractivity contribution in [1.82, 2.24) is 14.8 Å². The lowest BCUT2D eigenvalue weighted by molar-refractivity contribution is -0.137. The average molecular weight is 409 g/mol. The first-order chi connectivity index (χ1) is 14.3. The van der Waals surface area contributed by atoms with E-state index in [-0.39, 0.29) is 5.91 Å². The van der Waals surface area contributed by atoms with Crippen LogP contribution in [0.15, 0.2) is 42.6 Å². The molecule has 3 rings (SSSR count). The van der Waals surface area contributed by atoms with Gasteiger partial charge in [0.25, 0.3) is 0 Å². The number of hydrogen-bond acceptors (Lipinski definition) is 4. The van der Waals surface area contributed by atoms with Crippen molar-refractivity contribution < 1.29 is 14.3 Å². The fourth-order valence-corrected chi connectivity index (χ4v) is 3.67. The molecule has 0 aliphatic carbocycles. The SMILES string of the molecule is CN(C(=O)OC(C)(C)C)C(C(=O)N1CCCCC1)c1ccn[c]c1-c1ccccc1. The number of carbonyl (C=O) groups is 2. The summed E-state index contributed by atoms with van der Waals surface area (Å²) in [5.74, 6) is -0.0974. The topological polar surface area (TPSA) is 62.7 Å². The Morgan fingerprint density at radius 3 is 2.40 bits per heavy atom. The molecule has 6 heteroatoms. The van der Waals surface area contributed by atoms with Crippen molar-refractivity contribution in [2.75, 3.05) is 20.1 Å². The Morgan fingerprint density at radius 2 is 1.77 bits per heavy atom. The zero-order valence-corrected chi connectivity index (χ0v) is 18.2. The van der Waals surface area contributed by atoms with Crippen LogP contribution in [0.2, 0.25) is 0 Å². The number of amides is 2. The first-order valence-electron chi connectivity index (χ1n) is 10.4. The Balaban J connectivity index is 2.04. The second kappa shape index (κ2) is 9.28. The molecule has 2 amide bonds. The zero-order chi connectivity index (χ0) is 21.7. The Hall–Kier alpha value is -2.89. The lowest BCUT2D eigenvalue weighted by Gasteiger charge is -2.36. The third kappa shape index (κ3) is 5.17. The van der Waals surface area contributed by atoms with Crippen molar-refractivity contribution >= 4 is 12.0 Å². The maximum absolute atomic E-state index is 13.6. The van der Waals surface area contributed by atoms with E-state index >= 15 is 0 Å². The van der Waals surface area contributed by atoms with Gasteiger partial charge < -0.3 is 9.64 Å². The Labute approximate surface area is 178 Å². The first-order valence-corrected chi connectivity index (χ1v) is 10.4. The number of aromatic nitrogens is 1. The van der Waals surface area contributed by atoms with Gasteiger partial charge in [-0.25, -0.2) is 4.79 Å². The summed E-state index contributed by atoms with van der Waals surface area (Å²) < 4.78 is 5.58. The van der Waals surface area contributed by atoms with Gasteiger partial charge in [0.1, 0.15) is 11.6 Å². The van der Waals surface area contributed by atoms with Crippen molar-refractivity contribution in [2.24, 2.45) is 0 Å². The molecule has 1 unspecified atom stereocenters. The van der Waals surface area contributed by atoms with Gasteiger partial charge in [0.15, 0.2) is 0 Å². The number of hydrogen-bond donors (Lipinski definition) is 0. The minimum Gasteiger partial charge on any atom is -0.444 e. The number of piperidine rings is 1. The summed E-state index contributed by atoms with van der Waals surface area (Å²) in [5, 5.41) is 0. The van der Waals surface area contributed by atoms with E-state index in [1.807, 2.05) is 56.0 Å². The largest absolute Gasteiger partial charge is 0.444 e. The molecule has 1 aliphatic rings. The number of carbonyl (C=O) groups excluding carboxylic acids is 2. The second-order valence-electron chi connectivity index (χ2n) is 8.63. The highest BCUT2D eigenvalue weighted by molar-refractivity contribution is 5.89. The highest BCUT2D eigenvalue weighted by Crippen LogP contribution is 2.32. The highest BCUT2D eigenvalue weighted by atomic mass is 16.6. The maximum Gasteiger partial charge on any atom is 0.410 e. The second-order valence-corrected chi connectivity index (χ2v) is 8.63. The molecule has 159 valence electrons. The lowest BCUT2D eigenvalue weighted by atomic mass is 9.94. The summed E-state index contributed by atoms with van der Waals surface area (Å²) in [5.41, 5.74) is 1.65. The molecule has 1 atom stereocenters. The van der Waals surface area contributed by atoms with Gasteiger partial charge in [-0.15, -0.1) is 0 Å². The van der Waals surface area contributed by atoms with Crippen LogP contribution in [-0.4, -0.2) is 52.5 Å². The Kier molecular flexibility index (Phi) is 6.75. The number of benzene rings is 1. The molecule has 1 aliphatic heterocycles. The zero-order valence-electron chi connectivity index (χ0n) is 18.2. The molecule has 0 spiro atoms. The molecular formula is C24H30N3O3. The van der Waals surface area contributed by atoms with Crippen molar-refractivity contribution in [3.63, 3.8) is 0 Å². The maximum atomic E-state index is 13.6. The minimum atomic E-state index is -0.813. The average Bonchev–Trinajstić information content (AvgIpc) is 2.74. The van der Waals surface area contributed by atoms with Crippen LogP contribution in [0.1, 0.15) is 51.6 Å². The molecule has 1 aromatic heterocycles. The van der Waals surface area contributed by atoms with Gasteiger partial charge in [-0.05, 0) is 57.2 Å². The van der Waals surface area contributed by atoms with Crippen molar-refractivity contribution in [3.8, 4) is 11.1 Å². The number of rotatable bonds is 4.